The van der Waals surface area contributed by atoms with Gasteiger partial charge in [-0.25, -0.2) is 0 Å². The zero-order chi connectivity index (χ0) is 11.4. The second-order valence-electron chi connectivity index (χ2n) is 5.66. The van der Waals surface area contributed by atoms with Crippen molar-refractivity contribution in [1.82, 2.24) is 5.32 Å². The Bertz CT molecular complexity index is 256. The van der Waals surface area contributed by atoms with Crippen LogP contribution in [0.4, 0.5) is 0 Å². The molecule has 0 aliphatic heterocycles. The lowest BCUT2D eigenvalue weighted by molar-refractivity contribution is 0.214. The molecule has 0 aromatic heterocycles. The molecule has 2 rings (SSSR count). The van der Waals surface area contributed by atoms with Crippen LogP contribution in [0, 0.1) is 23.2 Å². The van der Waals surface area contributed by atoms with E-state index >= 15 is 0 Å². The van der Waals surface area contributed by atoms with E-state index in [2.05, 4.69) is 18.3 Å². The minimum Gasteiger partial charge on any atom is -0.310 e. The number of hydrogen-bond acceptors (Lipinski definition) is 2. The van der Waals surface area contributed by atoms with Crippen LogP contribution in [0.3, 0.4) is 0 Å². The summed E-state index contributed by atoms with van der Waals surface area (Å²) in [6.45, 7) is 2.36. The number of hydrogen-bond donors (Lipinski definition) is 1. The third-order valence-corrected chi connectivity index (χ3v) is 4.47. The summed E-state index contributed by atoms with van der Waals surface area (Å²) in [4.78, 5) is 0. The molecule has 0 spiro atoms. The predicted octanol–water partition coefficient (Wildman–Crippen LogP) is 3.24. The van der Waals surface area contributed by atoms with Gasteiger partial charge >= 0.3 is 0 Å². The molecule has 2 saturated carbocycles. The molecule has 90 valence electrons. The molecule has 0 heterocycles. The first kappa shape index (κ1) is 11.9. The molecule has 4 unspecified atom stereocenters. The maximum Gasteiger partial charge on any atom is 0.0672 e. The Morgan fingerprint density at radius 1 is 0.938 bits per heavy atom. The van der Waals surface area contributed by atoms with Crippen molar-refractivity contribution in [3.05, 3.63) is 0 Å². The van der Waals surface area contributed by atoms with Crippen molar-refractivity contribution < 1.29 is 0 Å². The third-order valence-electron chi connectivity index (χ3n) is 4.47. The highest BCUT2D eigenvalue weighted by Crippen LogP contribution is 2.28. The van der Waals surface area contributed by atoms with Crippen LogP contribution >= 0.6 is 0 Å². The SMILES string of the molecule is CC1CCCCC1NC1CCCCC1C#N. The Hall–Kier alpha value is -0.550. The topological polar surface area (TPSA) is 35.8 Å². The number of nitrogens with one attached hydrogen (secondary N) is 1. The molecular weight excluding hydrogens is 196 g/mol. The molecule has 2 aliphatic carbocycles. The lowest BCUT2D eigenvalue weighted by Crippen LogP contribution is -2.47. The van der Waals surface area contributed by atoms with E-state index in [-0.39, 0.29) is 5.92 Å². The molecule has 4 atom stereocenters. The fourth-order valence-electron chi connectivity index (χ4n) is 3.32. The maximum absolute atomic E-state index is 9.17. The van der Waals surface area contributed by atoms with Gasteiger partial charge in [-0.3, -0.25) is 0 Å². The number of nitrogens with zero attached hydrogens (tertiary/aromatic N) is 1. The molecule has 0 bridgehead atoms. The van der Waals surface area contributed by atoms with Crippen LogP contribution in [-0.2, 0) is 0 Å². The van der Waals surface area contributed by atoms with Gasteiger partial charge in [0.15, 0.2) is 0 Å². The van der Waals surface area contributed by atoms with E-state index in [0.29, 0.717) is 12.1 Å². The van der Waals surface area contributed by atoms with E-state index < -0.39 is 0 Å². The predicted molar refractivity (Wildman–Crippen MR) is 65.9 cm³/mol. The van der Waals surface area contributed by atoms with Crippen molar-refractivity contribution in [2.75, 3.05) is 0 Å². The lowest BCUT2D eigenvalue weighted by atomic mass is 9.81. The fraction of sp³-hybridized carbons (Fsp3) is 0.929. The smallest absolute Gasteiger partial charge is 0.0672 e. The summed E-state index contributed by atoms with van der Waals surface area (Å²) in [6.07, 6.45) is 10.3. The first-order chi connectivity index (χ1) is 7.81. The normalized spacial score (nSPS) is 40.2. The van der Waals surface area contributed by atoms with Crippen LogP contribution in [0.25, 0.3) is 0 Å². The van der Waals surface area contributed by atoms with Gasteiger partial charge in [0.25, 0.3) is 0 Å². The number of nitriles is 1. The van der Waals surface area contributed by atoms with Crippen molar-refractivity contribution in [1.29, 1.82) is 5.26 Å². The minimum atomic E-state index is 0.267. The zero-order valence-electron chi connectivity index (χ0n) is 10.4. The molecule has 0 amide bonds. The highest BCUT2D eigenvalue weighted by Gasteiger charge is 2.29. The van der Waals surface area contributed by atoms with Gasteiger partial charge in [-0.15, -0.1) is 0 Å². The summed E-state index contributed by atoms with van der Waals surface area (Å²) in [5.41, 5.74) is 0. The Kier molecular flexibility index (Phi) is 4.23. The second-order valence-corrected chi connectivity index (χ2v) is 5.66. The van der Waals surface area contributed by atoms with E-state index in [9.17, 15) is 0 Å². The highest BCUT2D eigenvalue weighted by molar-refractivity contribution is 4.96. The Balaban J connectivity index is 1.89. The molecule has 0 aromatic carbocycles. The van der Waals surface area contributed by atoms with Gasteiger partial charge in [-0.05, 0) is 31.6 Å². The van der Waals surface area contributed by atoms with Crippen LogP contribution in [0.1, 0.15) is 58.3 Å². The summed E-state index contributed by atoms with van der Waals surface area (Å²) >= 11 is 0. The van der Waals surface area contributed by atoms with Gasteiger partial charge in [0.1, 0.15) is 0 Å². The molecule has 0 aromatic rings. The summed E-state index contributed by atoms with van der Waals surface area (Å²) in [5.74, 6) is 1.07. The zero-order valence-corrected chi connectivity index (χ0v) is 10.4. The monoisotopic (exact) mass is 220 g/mol. The molecule has 16 heavy (non-hydrogen) atoms. The Labute approximate surface area is 99.4 Å². The van der Waals surface area contributed by atoms with Crippen LogP contribution in [-0.4, -0.2) is 12.1 Å². The van der Waals surface area contributed by atoms with E-state index in [1.54, 1.807) is 0 Å². The van der Waals surface area contributed by atoms with Crippen molar-refractivity contribution >= 4 is 0 Å². The van der Waals surface area contributed by atoms with E-state index in [4.69, 9.17) is 5.26 Å². The van der Waals surface area contributed by atoms with Crippen molar-refractivity contribution in [2.45, 2.75) is 70.4 Å². The van der Waals surface area contributed by atoms with E-state index in [1.807, 2.05) is 0 Å². The van der Waals surface area contributed by atoms with E-state index in [1.165, 1.54) is 44.9 Å². The van der Waals surface area contributed by atoms with Crippen LogP contribution in [0.2, 0.25) is 0 Å². The summed E-state index contributed by atoms with van der Waals surface area (Å²) in [7, 11) is 0. The first-order valence-electron chi connectivity index (χ1n) is 6.97. The van der Waals surface area contributed by atoms with Crippen LogP contribution < -0.4 is 5.32 Å². The van der Waals surface area contributed by atoms with Gasteiger partial charge in [0.05, 0.1) is 12.0 Å². The van der Waals surface area contributed by atoms with Crippen molar-refractivity contribution in [2.24, 2.45) is 11.8 Å². The molecule has 2 aliphatic rings. The molecule has 2 nitrogen and oxygen atoms in total. The van der Waals surface area contributed by atoms with Crippen molar-refractivity contribution in [3.63, 3.8) is 0 Å². The third kappa shape index (κ3) is 2.77. The van der Waals surface area contributed by atoms with Crippen LogP contribution in [0.5, 0.6) is 0 Å². The lowest BCUT2D eigenvalue weighted by Gasteiger charge is -2.36. The quantitative estimate of drug-likeness (QED) is 0.775. The average Bonchev–Trinajstić information content (AvgIpc) is 2.33. The van der Waals surface area contributed by atoms with Gasteiger partial charge in [0.2, 0.25) is 0 Å². The molecule has 0 radical (unpaired) electrons. The molecule has 2 fully saturated rings. The largest absolute Gasteiger partial charge is 0.310 e. The first-order valence-corrected chi connectivity index (χ1v) is 6.97. The Morgan fingerprint density at radius 2 is 1.56 bits per heavy atom. The maximum atomic E-state index is 9.17. The van der Waals surface area contributed by atoms with Gasteiger partial charge in [-0.2, -0.15) is 5.26 Å². The molecular formula is C14H24N2. The van der Waals surface area contributed by atoms with Gasteiger partial charge in [-0.1, -0.05) is 32.6 Å². The second kappa shape index (κ2) is 5.68. The highest BCUT2D eigenvalue weighted by atomic mass is 15.0. The van der Waals surface area contributed by atoms with E-state index in [0.717, 1.165) is 12.3 Å². The Morgan fingerprint density at radius 3 is 2.25 bits per heavy atom. The average molecular weight is 220 g/mol. The summed E-state index contributed by atoms with van der Waals surface area (Å²) in [5, 5.41) is 13.0. The standard InChI is InChI=1S/C14H24N2/c1-11-6-2-4-8-13(11)16-14-9-5-3-7-12(14)10-15/h11-14,16H,2-9H2,1H3. The fourth-order valence-corrected chi connectivity index (χ4v) is 3.32. The minimum absolute atomic E-state index is 0.267. The molecule has 1 N–H and O–H groups in total. The molecule has 0 saturated heterocycles. The summed E-state index contributed by atoms with van der Waals surface area (Å²) in [6, 6.07) is 3.65. The summed E-state index contributed by atoms with van der Waals surface area (Å²) < 4.78 is 0. The van der Waals surface area contributed by atoms with Crippen LogP contribution in [0.15, 0.2) is 0 Å². The van der Waals surface area contributed by atoms with Gasteiger partial charge in [0, 0.05) is 12.1 Å². The molecule has 2 heteroatoms. The number of rotatable bonds is 2. The van der Waals surface area contributed by atoms with Gasteiger partial charge < -0.3 is 5.32 Å². The van der Waals surface area contributed by atoms with Crippen molar-refractivity contribution in [3.8, 4) is 6.07 Å².